The van der Waals surface area contributed by atoms with Crippen LogP contribution < -0.4 is 19.5 Å². The van der Waals surface area contributed by atoms with Gasteiger partial charge >= 0.3 is 0 Å². The van der Waals surface area contributed by atoms with Gasteiger partial charge in [-0.2, -0.15) is 0 Å². The molecule has 1 heterocycles. The lowest BCUT2D eigenvalue weighted by Crippen LogP contribution is -2.51. The molecule has 0 radical (unpaired) electrons. The van der Waals surface area contributed by atoms with Crippen LogP contribution in [0.15, 0.2) is 11.8 Å². The first-order chi connectivity index (χ1) is 11.8. The Morgan fingerprint density at radius 3 is 2.32 bits per heavy atom. The molecule has 25 heavy (non-hydrogen) atoms. The molecular weight excluding hydrogens is 328 g/mol. The number of carbonyl (C=O) groups excluding carboxylic acids is 3. The summed E-state index contributed by atoms with van der Waals surface area (Å²) >= 11 is 0. The third-order valence-corrected chi connectivity index (χ3v) is 3.81. The highest BCUT2D eigenvalue weighted by atomic mass is 16.5. The summed E-state index contributed by atoms with van der Waals surface area (Å²) in [4.78, 5) is 36.6. The van der Waals surface area contributed by atoms with Crippen molar-refractivity contribution in [3.63, 3.8) is 0 Å². The second-order valence-corrected chi connectivity index (χ2v) is 5.38. The third-order valence-electron chi connectivity index (χ3n) is 3.81. The van der Waals surface area contributed by atoms with Crippen molar-refractivity contribution in [2.75, 3.05) is 27.9 Å². The lowest BCUT2D eigenvalue weighted by Gasteiger charge is -2.26. The summed E-state index contributed by atoms with van der Waals surface area (Å²) in [6.45, 7) is 2.72. The maximum atomic E-state index is 12.4. The number of nitrogens with zero attached hydrogens (tertiary/aromatic N) is 1. The maximum Gasteiger partial charge on any atom is 0.277 e. The first kappa shape index (κ1) is 18.3. The van der Waals surface area contributed by atoms with Gasteiger partial charge in [-0.1, -0.05) is 0 Å². The lowest BCUT2D eigenvalue weighted by molar-refractivity contribution is -0.147. The van der Waals surface area contributed by atoms with E-state index in [1.54, 1.807) is 13.0 Å². The molecule has 0 saturated carbocycles. The maximum absolute atomic E-state index is 12.4. The first-order valence-corrected chi connectivity index (χ1v) is 7.47. The SMILES string of the molecule is COc1cc(/C=C2/NC(=O)CN(C(C)=O)C2=O)c(OC)c(C)c1OC. The van der Waals surface area contributed by atoms with Crippen molar-refractivity contribution in [3.05, 3.63) is 22.9 Å². The molecule has 0 spiro atoms. The molecular formula is C17H20N2O6. The Bertz CT molecular complexity index is 769. The number of hydrogen-bond donors (Lipinski definition) is 1. The molecule has 3 amide bonds. The van der Waals surface area contributed by atoms with Crippen LogP contribution in [0.4, 0.5) is 0 Å². The topological polar surface area (TPSA) is 94.2 Å². The summed E-state index contributed by atoms with van der Waals surface area (Å²) in [6.07, 6.45) is 1.45. The summed E-state index contributed by atoms with van der Waals surface area (Å²) in [5.74, 6) is -0.108. The molecule has 0 atom stereocenters. The van der Waals surface area contributed by atoms with Crippen molar-refractivity contribution in [2.45, 2.75) is 13.8 Å². The predicted molar refractivity (Wildman–Crippen MR) is 89.3 cm³/mol. The zero-order chi connectivity index (χ0) is 18.7. The molecule has 0 bridgehead atoms. The molecule has 2 rings (SSSR count). The van der Waals surface area contributed by atoms with E-state index in [0.717, 1.165) is 4.90 Å². The van der Waals surface area contributed by atoms with Crippen molar-refractivity contribution in [2.24, 2.45) is 0 Å². The molecule has 0 unspecified atom stereocenters. The second kappa shape index (κ2) is 7.25. The molecule has 0 aromatic heterocycles. The van der Waals surface area contributed by atoms with E-state index in [4.69, 9.17) is 14.2 Å². The van der Waals surface area contributed by atoms with E-state index in [1.807, 2.05) is 0 Å². The van der Waals surface area contributed by atoms with Gasteiger partial charge in [-0.15, -0.1) is 0 Å². The molecule has 1 aromatic carbocycles. The van der Waals surface area contributed by atoms with Gasteiger partial charge in [-0.05, 0) is 19.1 Å². The van der Waals surface area contributed by atoms with Gasteiger partial charge in [0.05, 0.1) is 21.3 Å². The van der Waals surface area contributed by atoms with Gasteiger partial charge in [0, 0.05) is 18.1 Å². The van der Waals surface area contributed by atoms with Gasteiger partial charge in [-0.3, -0.25) is 19.3 Å². The van der Waals surface area contributed by atoms with Crippen LogP contribution >= 0.6 is 0 Å². The van der Waals surface area contributed by atoms with Gasteiger partial charge in [0.2, 0.25) is 11.8 Å². The number of benzene rings is 1. The van der Waals surface area contributed by atoms with Crippen LogP contribution in [-0.2, 0) is 14.4 Å². The fourth-order valence-electron chi connectivity index (χ4n) is 2.67. The summed E-state index contributed by atoms with van der Waals surface area (Å²) in [6, 6.07) is 1.63. The lowest BCUT2D eigenvalue weighted by atomic mass is 10.1. The van der Waals surface area contributed by atoms with E-state index in [0.29, 0.717) is 28.4 Å². The molecule has 1 fully saturated rings. The van der Waals surface area contributed by atoms with Crippen LogP contribution in [0, 0.1) is 6.92 Å². The summed E-state index contributed by atoms with van der Waals surface area (Å²) < 4.78 is 16.0. The highest BCUT2D eigenvalue weighted by molar-refractivity contribution is 6.12. The zero-order valence-electron chi connectivity index (χ0n) is 14.8. The van der Waals surface area contributed by atoms with E-state index < -0.39 is 17.7 Å². The van der Waals surface area contributed by atoms with Crippen molar-refractivity contribution < 1.29 is 28.6 Å². The summed E-state index contributed by atoms with van der Waals surface area (Å²) in [5.41, 5.74) is 1.16. The molecule has 134 valence electrons. The number of methoxy groups -OCH3 is 3. The van der Waals surface area contributed by atoms with Crippen molar-refractivity contribution in [1.29, 1.82) is 0 Å². The van der Waals surface area contributed by atoms with Crippen LogP contribution in [-0.4, -0.2) is 50.5 Å². The van der Waals surface area contributed by atoms with Crippen molar-refractivity contribution in [1.82, 2.24) is 10.2 Å². The minimum atomic E-state index is -0.582. The van der Waals surface area contributed by atoms with E-state index >= 15 is 0 Å². The number of rotatable bonds is 4. The third kappa shape index (κ3) is 3.42. The molecule has 1 saturated heterocycles. The molecule has 8 heteroatoms. The quantitative estimate of drug-likeness (QED) is 0.812. The second-order valence-electron chi connectivity index (χ2n) is 5.38. The number of nitrogens with one attached hydrogen (secondary N) is 1. The Kier molecular flexibility index (Phi) is 5.31. The van der Waals surface area contributed by atoms with E-state index in [1.165, 1.54) is 34.3 Å². The number of hydrogen-bond acceptors (Lipinski definition) is 6. The Balaban J connectivity index is 2.59. The molecule has 0 aliphatic carbocycles. The zero-order valence-corrected chi connectivity index (χ0v) is 14.8. The van der Waals surface area contributed by atoms with Gasteiger partial charge in [0.1, 0.15) is 18.0 Å². The largest absolute Gasteiger partial charge is 0.496 e. The number of ether oxygens (including phenoxy) is 3. The van der Waals surface area contributed by atoms with Crippen LogP contribution in [0.3, 0.4) is 0 Å². The van der Waals surface area contributed by atoms with Gasteiger partial charge < -0.3 is 19.5 Å². The average Bonchev–Trinajstić information content (AvgIpc) is 2.57. The highest BCUT2D eigenvalue weighted by Crippen LogP contribution is 2.40. The van der Waals surface area contributed by atoms with Gasteiger partial charge in [-0.25, -0.2) is 0 Å². The number of imide groups is 1. The van der Waals surface area contributed by atoms with E-state index in [-0.39, 0.29) is 12.2 Å². The molecule has 1 aromatic rings. The van der Waals surface area contributed by atoms with Gasteiger partial charge in [0.25, 0.3) is 5.91 Å². The molecule has 1 aliphatic heterocycles. The average molecular weight is 348 g/mol. The van der Waals surface area contributed by atoms with Gasteiger partial charge in [0.15, 0.2) is 11.5 Å². The monoisotopic (exact) mass is 348 g/mol. The number of carbonyl (C=O) groups is 3. The van der Waals surface area contributed by atoms with E-state index in [9.17, 15) is 14.4 Å². The minimum absolute atomic E-state index is 0.0173. The Morgan fingerprint density at radius 1 is 1.16 bits per heavy atom. The number of amides is 3. The standard InChI is InChI=1S/C17H20N2O6/c1-9-15(24-4)11(7-13(23-3)16(9)25-5)6-12-17(22)19(10(2)20)8-14(21)18-12/h6-7H,8H2,1-5H3,(H,18,21)/b12-6+. The molecule has 1 N–H and O–H groups in total. The van der Waals surface area contributed by atoms with Crippen molar-refractivity contribution in [3.8, 4) is 17.2 Å². The van der Waals surface area contributed by atoms with Crippen LogP contribution in [0.5, 0.6) is 17.2 Å². The Labute approximate surface area is 145 Å². The van der Waals surface area contributed by atoms with Crippen LogP contribution in [0.25, 0.3) is 6.08 Å². The minimum Gasteiger partial charge on any atom is -0.496 e. The Hall–Kier alpha value is -3.03. The smallest absolute Gasteiger partial charge is 0.277 e. The Morgan fingerprint density at radius 2 is 1.80 bits per heavy atom. The predicted octanol–water partition coefficient (Wildman–Crippen LogP) is 0.867. The highest BCUT2D eigenvalue weighted by Gasteiger charge is 2.31. The number of piperazine rings is 1. The first-order valence-electron chi connectivity index (χ1n) is 7.47. The van der Waals surface area contributed by atoms with Crippen molar-refractivity contribution >= 4 is 23.8 Å². The fourth-order valence-corrected chi connectivity index (χ4v) is 2.67. The normalized spacial score (nSPS) is 15.9. The van der Waals surface area contributed by atoms with E-state index in [2.05, 4.69) is 5.32 Å². The van der Waals surface area contributed by atoms with Crippen LogP contribution in [0.2, 0.25) is 0 Å². The van der Waals surface area contributed by atoms with Crippen LogP contribution in [0.1, 0.15) is 18.1 Å². The summed E-state index contributed by atoms with van der Waals surface area (Å²) in [5, 5.41) is 2.49. The summed E-state index contributed by atoms with van der Waals surface area (Å²) in [7, 11) is 4.49. The molecule has 8 nitrogen and oxygen atoms in total. The molecule has 1 aliphatic rings. The fraction of sp³-hybridized carbons (Fsp3) is 0.353.